The first kappa shape index (κ1) is 27.4. The van der Waals surface area contributed by atoms with E-state index in [2.05, 4.69) is 13.8 Å². The Morgan fingerprint density at radius 3 is 2.61 bits per heavy atom. The third-order valence-corrected chi connectivity index (χ3v) is 6.97. The van der Waals surface area contributed by atoms with Gasteiger partial charge in [-0.15, -0.1) is 12.0 Å². The fourth-order valence-electron chi connectivity index (χ4n) is 5.31. The molecule has 9 heteroatoms. The zero-order valence-corrected chi connectivity index (χ0v) is 24.3. The topological polar surface area (TPSA) is 88.1 Å². The van der Waals surface area contributed by atoms with Crippen LogP contribution in [0, 0.1) is 41.9 Å². The van der Waals surface area contributed by atoms with E-state index in [4.69, 9.17) is 18.9 Å². The number of hydrogen-bond donors (Lipinski definition) is 0. The molecule has 1 saturated carbocycles. The summed E-state index contributed by atoms with van der Waals surface area (Å²) in [5.41, 5.74) is -1.41. The molecule has 4 fully saturated rings. The van der Waals surface area contributed by atoms with Crippen LogP contribution in [0.3, 0.4) is 0 Å². The molecule has 4 aliphatic rings. The van der Waals surface area contributed by atoms with Gasteiger partial charge >= 0.3 is 11.9 Å². The van der Waals surface area contributed by atoms with E-state index in [-0.39, 0.29) is 77.5 Å². The van der Waals surface area contributed by atoms with E-state index >= 15 is 0 Å². The molecule has 3 unspecified atom stereocenters. The summed E-state index contributed by atoms with van der Waals surface area (Å²) in [4.78, 5) is 37.6. The summed E-state index contributed by atoms with van der Waals surface area (Å²) in [5, 5.41) is 0. The zero-order valence-electron chi connectivity index (χ0n) is 18.5. The fraction of sp³-hybridized carbons (Fsp3) is 0.773. The standard InChI is InChI=1S/C22H30O7.W.Y/c1-5-6-7-8-11(2)10-26-21(25)22-14(9-15-17(22)13(4)19(24)27-15)16-12(3)18(23)28-20(16)29-22;;/h9,11-16,20H,5-8,10H2,1-4H3;;/q-2;;/t11-,12+,13-,14?,15?,16?,20-,22+;;/m0../s1. The van der Waals surface area contributed by atoms with Crippen molar-refractivity contribution < 1.29 is 87.1 Å². The third kappa shape index (κ3) is 4.47. The molecule has 3 aliphatic heterocycles. The van der Waals surface area contributed by atoms with Crippen molar-refractivity contribution in [3.63, 3.8) is 0 Å². The molecule has 1 aliphatic carbocycles. The molecule has 0 aromatic rings. The van der Waals surface area contributed by atoms with Gasteiger partial charge in [-0.1, -0.05) is 52.9 Å². The van der Waals surface area contributed by atoms with Gasteiger partial charge in [0.15, 0.2) is 0 Å². The van der Waals surface area contributed by atoms with Crippen LogP contribution in [0.4, 0.5) is 0 Å². The van der Waals surface area contributed by atoms with Gasteiger partial charge in [-0.05, 0) is 12.3 Å². The van der Waals surface area contributed by atoms with Crippen molar-refractivity contribution in [2.75, 3.05) is 6.61 Å². The average Bonchev–Trinajstić information content (AvgIpc) is 3.32. The molecule has 4 rings (SSSR count). The van der Waals surface area contributed by atoms with E-state index in [9.17, 15) is 14.4 Å². The maximum atomic E-state index is 13.4. The van der Waals surface area contributed by atoms with Crippen LogP contribution >= 0.6 is 0 Å². The summed E-state index contributed by atoms with van der Waals surface area (Å²) in [6, 6.07) is 0. The molecule has 8 atom stereocenters. The minimum atomic E-state index is -1.41. The molecular formula is C22H30O7WY-2. The van der Waals surface area contributed by atoms with Crippen LogP contribution < -0.4 is 0 Å². The van der Waals surface area contributed by atoms with E-state index in [1.807, 2.05) is 6.42 Å². The van der Waals surface area contributed by atoms with Gasteiger partial charge in [-0.3, -0.25) is 20.3 Å². The first-order valence-electron chi connectivity index (χ1n) is 10.8. The summed E-state index contributed by atoms with van der Waals surface area (Å²) in [5.74, 6) is -2.03. The molecule has 1 radical (unpaired) electrons. The van der Waals surface area contributed by atoms with Gasteiger partial charge in [0, 0.05) is 65.3 Å². The summed E-state index contributed by atoms with van der Waals surface area (Å²) >= 11 is 0. The van der Waals surface area contributed by atoms with E-state index in [1.165, 1.54) is 0 Å². The monoisotopic (exact) mass is 679 g/mol. The number of fused-ring (bicyclic) bond motifs is 5. The van der Waals surface area contributed by atoms with Gasteiger partial charge in [0.2, 0.25) is 6.29 Å². The van der Waals surface area contributed by atoms with Crippen LogP contribution in [0.2, 0.25) is 0 Å². The van der Waals surface area contributed by atoms with Crippen molar-refractivity contribution in [3.05, 3.63) is 12.3 Å². The number of carbonyl (C=O) groups excluding carboxylic acids is 3. The Labute approximate surface area is 223 Å². The van der Waals surface area contributed by atoms with E-state index < -0.39 is 41.7 Å². The van der Waals surface area contributed by atoms with Crippen molar-refractivity contribution >= 4 is 17.9 Å². The molecular weight excluding hydrogens is 649 g/mol. The Balaban J connectivity index is 0.00000171. The first-order chi connectivity index (χ1) is 13.8. The SMILES string of the molecule is CCCCC[C@H](C)COC(=O)[C@@]12O[C@@H]3OC(=O)[C@H](C)C3C1[CH-]C1OC(=O)[C@@H](C)[C-]12.[W].[Y]. The van der Waals surface area contributed by atoms with E-state index in [0.29, 0.717) is 12.5 Å². The van der Waals surface area contributed by atoms with Crippen molar-refractivity contribution in [1.29, 1.82) is 0 Å². The molecule has 7 nitrogen and oxygen atoms in total. The van der Waals surface area contributed by atoms with Gasteiger partial charge in [0.25, 0.3) is 5.97 Å². The number of carbonyl (C=O) groups is 3. The normalized spacial score (nSPS) is 38.8. The van der Waals surface area contributed by atoms with Crippen LogP contribution in [-0.4, -0.2) is 42.5 Å². The minimum absolute atomic E-state index is 0. The van der Waals surface area contributed by atoms with Crippen molar-refractivity contribution in [2.45, 2.75) is 71.4 Å². The van der Waals surface area contributed by atoms with Crippen molar-refractivity contribution in [1.82, 2.24) is 0 Å². The predicted molar refractivity (Wildman–Crippen MR) is 101 cm³/mol. The number of ether oxygens (including phenoxy) is 4. The maximum absolute atomic E-state index is 13.4. The second-order valence-corrected chi connectivity index (χ2v) is 8.98. The van der Waals surface area contributed by atoms with Crippen molar-refractivity contribution in [2.24, 2.45) is 29.6 Å². The number of esters is 3. The molecule has 171 valence electrons. The molecule has 0 N–H and O–H groups in total. The van der Waals surface area contributed by atoms with Crippen molar-refractivity contribution in [3.8, 4) is 0 Å². The quantitative estimate of drug-likeness (QED) is 0.177. The summed E-state index contributed by atoms with van der Waals surface area (Å²) in [6.07, 6.45) is 4.85. The average molecular weight is 679 g/mol. The maximum Gasteiger partial charge on any atom is 0.311 e. The van der Waals surface area contributed by atoms with Gasteiger partial charge < -0.3 is 25.4 Å². The smallest absolute Gasteiger partial charge is 0.311 e. The molecule has 31 heavy (non-hydrogen) atoms. The Kier molecular flexibility index (Phi) is 9.38. The fourth-order valence-corrected chi connectivity index (χ4v) is 5.31. The Morgan fingerprint density at radius 1 is 1.23 bits per heavy atom. The Hall–Kier alpha value is 0.162. The van der Waals surface area contributed by atoms with Crippen LogP contribution in [-0.2, 0) is 87.1 Å². The molecule has 0 aromatic heterocycles. The van der Waals surface area contributed by atoms with Gasteiger partial charge in [-0.25, -0.2) is 0 Å². The molecule has 0 amide bonds. The zero-order chi connectivity index (χ0) is 20.9. The minimum Gasteiger partial charge on any atom is -0.528 e. The predicted octanol–water partition coefficient (Wildman–Crippen LogP) is 2.62. The number of unbranched alkanes of at least 4 members (excludes halogenated alkanes) is 2. The van der Waals surface area contributed by atoms with Gasteiger partial charge in [0.1, 0.15) is 0 Å². The summed E-state index contributed by atoms with van der Waals surface area (Å²) in [6.45, 7) is 8.03. The van der Waals surface area contributed by atoms with E-state index in [0.717, 1.165) is 25.7 Å². The van der Waals surface area contributed by atoms with Gasteiger partial charge in [0.05, 0.1) is 12.5 Å². The number of rotatable bonds is 7. The van der Waals surface area contributed by atoms with Gasteiger partial charge in [-0.2, -0.15) is 0 Å². The number of hydrogen-bond acceptors (Lipinski definition) is 7. The van der Waals surface area contributed by atoms with Crippen LogP contribution in [0.15, 0.2) is 0 Å². The molecule has 0 bridgehead atoms. The van der Waals surface area contributed by atoms with E-state index in [1.54, 1.807) is 13.8 Å². The van der Waals surface area contributed by atoms with Crippen LogP contribution in [0.25, 0.3) is 0 Å². The molecule has 3 saturated heterocycles. The Morgan fingerprint density at radius 2 is 1.94 bits per heavy atom. The summed E-state index contributed by atoms with van der Waals surface area (Å²) < 4.78 is 22.7. The molecule has 0 aromatic carbocycles. The summed E-state index contributed by atoms with van der Waals surface area (Å²) in [7, 11) is 0. The molecule has 0 spiro atoms. The third-order valence-electron chi connectivity index (χ3n) is 6.97. The Bertz CT molecular complexity index is 703. The first-order valence-corrected chi connectivity index (χ1v) is 10.8. The van der Waals surface area contributed by atoms with Crippen LogP contribution in [0.1, 0.15) is 53.4 Å². The second-order valence-electron chi connectivity index (χ2n) is 8.98. The molecule has 3 heterocycles. The second kappa shape index (κ2) is 10.6. The largest absolute Gasteiger partial charge is 0.528 e. The van der Waals surface area contributed by atoms with Crippen LogP contribution in [0.5, 0.6) is 0 Å².